The van der Waals surface area contributed by atoms with E-state index in [1.165, 1.54) is 0 Å². The Hall–Kier alpha value is 2.64. The van der Waals surface area contributed by atoms with E-state index in [9.17, 15) is 0 Å². The standard InChI is InChI=1S/Co.Cu.Li.Mn.Ni.H. The third-order valence-corrected chi connectivity index (χ3v) is 0. The molecule has 5 heavy (non-hydrogen) atoms. The second-order valence-corrected chi connectivity index (χ2v) is 0. The normalized spacial score (nSPS) is 0. The fraction of sp³-hybridized carbons (Fsp3) is 0. The van der Waals surface area contributed by atoms with Crippen LogP contribution in [0.5, 0.6) is 0 Å². The molecule has 0 aromatic rings. The molecule has 0 amide bonds. The summed E-state index contributed by atoms with van der Waals surface area (Å²) in [6, 6.07) is 0. The molecule has 0 aliphatic carbocycles. The molecule has 0 spiro atoms. The number of hydrogen-bond acceptors (Lipinski definition) is 0. The van der Waals surface area contributed by atoms with E-state index in [1.807, 2.05) is 0 Å². The van der Waals surface area contributed by atoms with Gasteiger partial charge in [-0.05, 0) is 0 Å². The molecule has 0 unspecified atom stereocenters. The van der Waals surface area contributed by atoms with Gasteiger partial charge in [-0.3, -0.25) is 0 Å². The maximum Gasteiger partial charge on any atom is 0 e. The number of hydrogen-bond donors (Lipinski definition) is 0. The second kappa shape index (κ2) is 30.3. The van der Waals surface area contributed by atoms with Crippen molar-refractivity contribution in [3.8, 4) is 0 Å². The zero-order valence-corrected chi connectivity index (χ0v) is 5.48. The average Bonchev–Trinajstić information content (AvgIpc) is 0. The largest absolute Gasteiger partial charge is 0 e. The summed E-state index contributed by atoms with van der Waals surface area (Å²) in [7, 11) is 0. The molecule has 0 nitrogen and oxygen atoms in total. The monoisotopic (exact) mass is 243 g/mol. The van der Waals surface area contributed by atoms with Gasteiger partial charge in [0, 0.05) is 67.4 Å². The van der Waals surface area contributed by atoms with Crippen LogP contribution in [0.3, 0.4) is 0 Å². The van der Waals surface area contributed by atoms with Crippen LogP contribution in [0.2, 0.25) is 0 Å². The molecule has 5 heteroatoms. The van der Waals surface area contributed by atoms with Crippen molar-refractivity contribution in [2.75, 3.05) is 0 Å². The Morgan fingerprint density at radius 3 is 1.00 bits per heavy atom. The quantitative estimate of drug-likeness (QED) is 0.496. The maximum atomic E-state index is 0. The molecule has 3 radical (unpaired) electrons. The minimum absolute atomic E-state index is 0. The molecule has 0 fully saturated rings. The molecule has 0 aliphatic rings. The van der Waals surface area contributed by atoms with Gasteiger partial charge in [-0.25, -0.2) is 0 Å². The Morgan fingerprint density at radius 2 is 1.00 bits per heavy atom. The SMILES string of the molecule is [Co].[Cu].[LiH].[Mn].[Ni]. The fourth-order valence-corrected chi connectivity index (χ4v) is 0. The fourth-order valence-electron chi connectivity index (χ4n) is 0. The molecular formula is HCoCuLiMnNi. The van der Waals surface area contributed by atoms with Crippen molar-refractivity contribution in [2.45, 2.75) is 0 Å². The Morgan fingerprint density at radius 1 is 1.00 bits per heavy atom. The molecule has 0 N–H and O–H groups in total. The van der Waals surface area contributed by atoms with E-state index in [0.717, 1.165) is 0 Å². The van der Waals surface area contributed by atoms with Crippen molar-refractivity contribution in [1.82, 2.24) is 0 Å². The van der Waals surface area contributed by atoms with Gasteiger partial charge in [0.15, 0.2) is 0 Å². The zero-order valence-electron chi connectivity index (χ0n) is 1.33. The molecular weight excluding hydrogens is 243 g/mol. The summed E-state index contributed by atoms with van der Waals surface area (Å²) in [5, 5.41) is 0. The predicted molar refractivity (Wildman–Crippen MR) is 7.15 cm³/mol. The molecule has 39 valence electrons. The van der Waals surface area contributed by atoms with Crippen LogP contribution in [0, 0.1) is 0 Å². The molecule has 0 atom stereocenters. The van der Waals surface area contributed by atoms with E-state index in [1.54, 1.807) is 0 Å². The minimum Gasteiger partial charge on any atom is 0 e. The van der Waals surface area contributed by atoms with Crippen LogP contribution in [0.4, 0.5) is 0 Å². The van der Waals surface area contributed by atoms with Crippen LogP contribution >= 0.6 is 0 Å². The molecule has 0 saturated carbocycles. The predicted octanol–water partition coefficient (Wildman–Crippen LogP) is -0.659. The average molecular weight is 244 g/mol. The summed E-state index contributed by atoms with van der Waals surface area (Å²) >= 11 is 0. The van der Waals surface area contributed by atoms with Gasteiger partial charge < -0.3 is 0 Å². The molecule has 0 heterocycles. The molecule has 0 aliphatic heterocycles. The van der Waals surface area contributed by atoms with E-state index >= 15 is 0 Å². The van der Waals surface area contributed by atoms with E-state index in [4.69, 9.17) is 0 Å². The summed E-state index contributed by atoms with van der Waals surface area (Å²) in [5.74, 6) is 0. The zero-order chi connectivity index (χ0) is 0. The van der Waals surface area contributed by atoms with Gasteiger partial charge in [-0.2, -0.15) is 0 Å². The summed E-state index contributed by atoms with van der Waals surface area (Å²) in [5.41, 5.74) is 0. The van der Waals surface area contributed by atoms with Crippen LogP contribution in [-0.2, 0) is 67.4 Å². The van der Waals surface area contributed by atoms with Gasteiger partial charge >= 0.3 is 18.9 Å². The third-order valence-electron chi connectivity index (χ3n) is 0. The first-order chi connectivity index (χ1) is 0. The van der Waals surface area contributed by atoms with Crippen molar-refractivity contribution in [1.29, 1.82) is 0 Å². The van der Waals surface area contributed by atoms with E-state index < -0.39 is 0 Å². The molecule has 0 aromatic heterocycles. The van der Waals surface area contributed by atoms with E-state index in [-0.39, 0.29) is 86.3 Å². The Kier molecular flexibility index (Phi) is 294. The summed E-state index contributed by atoms with van der Waals surface area (Å²) in [6.07, 6.45) is 0. The third kappa shape index (κ3) is 20.5. The first-order valence-corrected chi connectivity index (χ1v) is 0. The summed E-state index contributed by atoms with van der Waals surface area (Å²) < 4.78 is 0. The van der Waals surface area contributed by atoms with Crippen molar-refractivity contribution >= 4 is 18.9 Å². The van der Waals surface area contributed by atoms with Crippen LogP contribution in [0.1, 0.15) is 0 Å². The van der Waals surface area contributed by atoms with Crippen LogP contribution in [0.15, 0.2) is 0 Å². The Labute approximate surface area is 85.2 Å². The van der Waals surface area contributed by atoms with Crippen LogP contribution in [-0.4, -0.2) is 18.9 Å². The van der Waals surface area contributed by atoms with E-state index in [2.05, 4.69) is 0 Å². The van der Waals surface area contributed by atoms with E-state index in [0.29, 0.717) is 0 Å². The van der Waals surface area contributed by atoms with Gasteiger partial charge in [-0.15, -0.1) is 0 Å². The Bertz CT molecular complexity index is 11.6. The van der Waals surface area contributed by atoms with Crippen molar-refractivity contribution in [2.24, 2.45) is 0 Å². The van der Waals surface area contributed by atoms with Crippen molar-refractivity contribution < 1.29 is 67.4 Å². The van der Waals surface area contributed by atoms with Gasteiger partial charge in [0.2, 0.25) is 0 Å². The maximum absolute atomic E-state index is 0. The van der Waals surface area contributed by atoms with Crippen molar-refractivity contribution in [3.63, 3.8) is 0 Å². The van der Waals surface area contributed by atoms with Gasteiger partial charge in [-0.1, -0.05) is 0 Å². The van der Waals surface area contributed by atoms with Crippen LogP contribution in [0.25, 0.3) is 0 Å². The summed E-state index contributed by atoms with van der Waals surface area (Å²) in [6.45, 7) is 0. The van der Waals surface area contributed by atoms with Crippen LogP contribution < -0.4 is 0 Å². The first-order valence-electron chi connectivity index (χ1n) is 0. The molecule has 0 bridgehead atoms. The number of rotatable bonds is 0. The Balaban J connectivity index is 0. The second-order valence-electron chi connectivity index (χ2n) is 0. The van der Waals surface area contributed by atoms with Crippen molar-refractivity contribution in [3.05, 3.63) is 0 Å². The van der Waals surface area contributed by atoms with Gasteiger partial charge in [0.05, 0.1) is 0 Å². The molecule has 0 saturated heterocycles. The first kappa shape index (κ1) is 48.4. The summed E-state index contributed by atoms with van der Waals surface area (Å²) in [4.78, 5) is 0. The van der Waals surface area contributed by atoms with Gasteiger partial charge in [0.1, 0.15) is 0 Å². The smallest absolute Gasteiger partial charge is 0 e. The minimum atomic E-state index is 0. The topological polar surface area (TPSA) is 0 Å². The van der Waals surface area contributed by atoms with Gasteiger partial charge in [0.25, 0.3) is 0 Å². The molecule has 0 aromatic carbocycles. The molecule has 0 rings (SSSR count).